The summed E-state index contributed by atoms with van der Waals surface area (Å²) in [5, 5.41) is 2.97. The van der Waals surface area contributed by atoms with Crippen molar-refractivity contribution < 1.29 is 19.1 Å². The molecule has 1 N–H and O–H groups in total. The topological polar surface area (TPSA) is 74.4 Å². The van der Waals surface area contributed by atoms with Crippen LogP contribution in [0.2, 0.25) is 0 Å². The molecular weight excluding hydrogens is 396 g/mol. The number of benzene rings is 1. The van der Waals surface area contributed by atoms with E-state index in [-0.39, 0.29) is 11.8 Å². The Morgan fingerprint density at radius 1 is 0.935 bits per heavy atom. The number of nitrogens with one attached hydrogen (secondary N) is 1. The van der Waals surface area contributed by atoms with E-state index >= 15 is 0 Å². The van der Waals surface area contributed by atoms with Gasteiger partial charge in [0.2, 0.25) is 11.8 Å². The third kappa shape index (κ3) is 6.33. The third-order valence-electron chi connectivity index (χ3n) is 6.11. The van der Waals surface area contributed by atoms with Gasteiger partial charge < -0.3 is 19.7 Å². The first-order valence-electron chi connectivity index (χ1n) is 11.3. The highest BCUT2D eigenvalue weighted by Gasteiger charge is 2.26. The van der Waals surface area contributed by atoms with Crippen LogP contribution in [0.5, 0.6) is 11.5 Å². The molecule has 2 aliphatic heterocycles. The first-order chi connectivity index (χ1) is 15.0. The van der Waals surface area contributed by atoms with Gasteiger partial charge in [-0.2, -0.15) is 0 Å². The molecule has 0 unspecified atom stereocenters. The first-order valence-corrected chi connectivity index (χ1v) is 11.3. The molecule has 1 aromatic carbocycles. The Morgan fingerprint density at radius 3 is 2.16 bits per heavy atom. The number of carbonyl (C=O) groups excluding carboxylic acids is 2. The van der Waals surface area contributed by atoms with Crippen LogP contribution in [0.15, 0.2) is 12.1 Å². The molecule has 0 aromatic heterocycles. The molecule has 1 aromatic rings. The van der Waals surface area contributed by atoms with Gasteiger partial charge in [-0.3, -0.25) is 19.4 Å². The predicted octanol–water partition coefficient (Wildman–Crippen LogP) is 1.12. The Kier molecular flexibility index (Phi) is 8.54. The van der Waals surface area contributed by atoms with Gasteiger partial charge in [0.15, 0.2) is 11.5 Å². The Labute approximate surface area is 185 Å². The molecule has 0 saturated carbocycles. The molecule has 1 saturated heterocycles. The molecule has 2 aliphatic rings. The van der Waals surface area contributed by atoms with E-state index in [0.717, 1.165) is 69.8 Å². The largest absolute Gasteiger partial charge is 0.493 e. The summed E-state index contributed by atoms with van der Waals surface area (Å²) in [7, 11) is 3.27. The Morgan fingerprint density at radius 2 is 1.55 bits per heavy atom. The molecular formula is C23H36N4O4. The molecule has 172 valence electrons. The van der Waals surface area contributed by atoms with Crippen LogP contribution >= 0.6 is 0 Å². The van der Waals surface area contributed by atoms with Gasteiger partial charge in [-0.1, -0.05) is 13.3 Å². The lowest BCUT2D eigenvalue weighted by Crippen LogP contribution is -2.52. The fourth-order valence-electron chi connectivity index (χ4n) is 4.16. The van der Waals surface area contributed by atoms with Crippen molar-refractivity contribution in [3.05, 3.63) is 23.3 Å². The second-order valence-corrected chi connectivity index (χ2v) is 8.30. The summed E-state index contributed by atoms with van der Waals surface area (Å²) in [6.07, 6.45) is 2.92. The van der Waals surface area contributed by atoms with Gasteiger partial charge in [0.1, 0.15) is 0 Å². The van der Waals surface area contributed by atoms with Gasteiger partial charge in [0.25, 0.3) is 0 Å². The van der Waals surface area contributed by atoms with Crippen LogP contribution in [0, 0.1) is 0 Å². The van der Waals surface area contributed by atoms with Crippen molar-refractivity contribution >= 4 is 11.8 Å². The second-order valence-electron chi connectivity index (χ2n) is 8.30. The van der Waals surface area contributed by atoms with E-state index < -0.39 is 0 Å². The normalized spacial score (nSPS) is 17.2. The molecule has 8 heteroatoms. The lowest BCUT2D eigenvalue weighted by Gasteiger charge is -2.36. The minimum atomic E-state index is 0.0945. The zero-order chi connectivity index (χ0) is 22.2. The average molecular weight is 433 g/mol. The number of rotatable bonds is 9. The fraction of sp³-hybridized carbons (Fsp3) is 0.652. The SMILES string of the molecule is CCCCNC(=O)CN1CCN(CC(=O)N2CCc3cc(OC)c(OC)cc3C2)CC1. The summed E-state index contributed by atoms with van der Waals surface area (Å²) in [5.74, 6) is 1.69. The van der Waals surface area contributed by atoms with E-state index in [1.165, 1.54) is 5.56 Å². The molecule has 3 rings (SSSR count). The average Bonchev–Trinajstić information content (AvgIpc) is 2.79. The zero-order valence-electron chi connectivity index (χ0n) is 19.1. The number of fused-ring (bicyclic) bond motifs is 1. The van der Waals surface area contributed by atoms with E-state index in [1.54, 1.807) is 14.2 Å². The van der Waals surface area contributed by atoms with Crippen molar-refractivity contribution in [1.82, 2.24) is 20.0 Å². The number of hydrogen-bond donors (Lipinski definition) is 1. The molecule has 0 bridgehead atoms. The van der Waals surface area contributed by atoms with Crippen LogP contribution in [-0.2, 0) is 22.6 Å². The molecule has 2 heterocycles. The van der Waals surface area contributed by atoms with Crippen molar-refractivity contribution in [2.45, 2.75) is 32.7 Å². The van der Waals surface area contributed by atoms with Crippen LogP contribution in [0.4, 0.5) is 0 Å². The second kappa shape index (κ2) is 11.3. The van der Waals surface area contributed by atoms with E-state index in [2.05, 4.69) is 22.0 Å². The van der Waals surface area contributed by atoms with Crippen molar-refractivity contribution in [1.29, 1.82) is 0 Å². The number of amides is 2. The van der Waals surface area contributed by atoms with Gasteiger partial charge in [-0.15, -0.1) is 0 Å². The summed E-state index contributed by atoms with van der Waals surface area (Å²) in [6, 6.07) is 4.01. The lowest BCUT2D eigenvalue weighted by atomic mass is 9.98. The highest BCUT2D eigenvalue weighted by Crippen LogP contribution is 2.33. The number of unbranched alkanes of at least 4 members (excludes halogenated alkanes) is 1. The molecule has 8 nitrogen and oxygen atoms in total. The standard InChI is InChI=1S/C23H36N4O4/c1-4-5-7-24-22(28)16-25-9-11-26(12-10-25)17-23(29)27-8-6-18-13-20(30-2)21(31-3)14-19(18)15-27/h13-14H,4-12,15-17H2,1-3H3,(H,24,28). The molecule has 0 radical (unpaired) electrons. The first kappa shape index (κ1) is 23.3. The lowest BCUT2D eigenvalue weighted by molar-refractivity contribution is -0.134. The maximum absolute atomic E-state index is 12.9. The van der Waals surface area contributed by atoms with Crippen LogP contribution in [0.3, 0.4) is 0 Å². The number of methoxy groups -OCH3 is 2. The van der Waals surface area contributed by atoms with Crippen LogP contribution in [-0.4, -0.2) is 93.1 Å². The van der Waals surface area contributed by atoms with Crippen molar-refractivity contribution in [2.75, 3.05) is 66.6 Å². The molecule has 1 fully saturated rings. The van der Waals surface area contributed by atoms with Crippen molar-refractivity contribution in [3.63, 3.8) is 0 Å². The summed E-state index contributed by atoms with van der Waals surface area (Å²) in [6.45, 7) is 8.31. The van der Waals surface area contributed by atoms with E-state index in [1.807, 2.05) is 17.0 Å². The van der Waals surface area contributed by atoms with E-state index in [4.69, 9.17) is 9.47 Å². The maximum atomic E-state index is 12.9. The summed E-state index contributed by atoms with van der Waals surface area (Å²) in [5.41, 5.74) is 2.34. The molecule has 0 atom stereocenters. The highest BCUT2D eigenvalue weighted by molar-refractivity contribution is 5.79. The molecule has 0 spiro atoms. The molecule has 2 amide bonds. The maximum Gasteiger partial charge on any atom is 0.237 e. The number of carbonyl (C=O) groups is 2. The summed E-state index contributed by atoms with van der Waals surface area (Å²) < 4.78 is 10.8. The van der Waals surface area contributed by atoms with E-state index in [9.17, 15) is 9.59 Å². The highest BCUT2D eigenvalue weighted by atomic mass is 16.5. The number of hydrogen-bond acceptors (Lipinski definition) is 6. The molecule has 31 heavy (non-hydrogen) atoms. The number of piperazine rings is 1. The van der Waals surface area contributed by atoms with Gasteiger partial charge in [0.05, 0.1) is 27.3 Å². The van der Waals surface area contributed by atoms with Crippen molar-refractivity contribution in [2.24, 2.45) is 0 Å². The minimum absolute atomic E-state index is 0.0945. The smallest absolute Gasteiger partial charge is 0.237 e. The Bertz CT molecular complexity index is 762. The van der Waals surface area contributed by atoms with Gasteiger partial charge >= 0.3 is 0 Å². The van der Waals surface area contributed by atoms with Crippen LogP contribution in [0.1, 0.15) is 30.9 Å². The van der Waals surface area contributed by atoms with Crippen molar-refractivity contribution in [3.8, 4) is 11.5 Å². The fourth-order valence-corrected chi connectivity index (χ4v) is 4.16. The quantitative estimate of drug-likeness (QED) is 0.590. The number of ether oxygens (including phenoxy) is 2. The van der Waals surface area contributed by atoms with Crippen LogP contribution < -0.4 is 14.8 Å². The van der Waals surface area contributed by atoms with Crippen LogP contribution in [0.25, 0.3) is 0 Å². The minimum Gasteiger partial charge on any atom is -0.493 e. The number of nitrogens with zero attached hydrogens (tertiary/aromatic N) is 3. The monoisotopic (exact) mass is 432 g/mol. The zero-order valence-corrected chi connectivity index (χ0v) is 19.1. The Balaban J connectivity index is 1.45. The molecule has 0 aliphatic carbocycles. The third-order valence-corrected chi connectivity index (χ3v) is 6.11. The summed E-state index contributed by atoms with van der Waals surface area (Å²) >= 11 is 0. The summed E-state index contributed by atoms with van der Waals surface area (Å²) in [4.78, 5) is 31.2. The van der Waals surface area contributed by atoms with E-state index in [0.29, 0.717) is 25.4 Å². The Hall–Kier alpha value is -2.32. The van der Waals surface area contributed by atoms with Gasteiger partial charge in [-0.05, 0) is 36.1 Å². The van der Waals surface area contributed by atoms with Gasteiger partial charge in [-0.25, -0.2) is 0 Å². The predicted molar refractivity (Wildman–Crippen MR) is 119 cm³/mol. The van der Waals surface area contributed by atoms with Gasteiger partial charge in [0, 0.05) is 45.8 Å².